The fraction of sp³-hybridized carbons (Fsp3) is 0.720. The van der Waals surface area contributed by atoms with Crippen molar-refractivity contribution >= 4 is 5.97 Å². The lowest BCUT2D eigenvalue weighted by Gasteiger charge is -2.25. The first kappa shape index (κ1) is 24.8. The second kappa shape index (κ2) is 13.1. The zero-order valence-corrected chi connectivity index (χ0v) is 19.5. The molecule has 0 heterocycles. The number of benzene rings is 1. The summed E-state index contributed by atoms with van der Waals surface area (Å²) in [4.78, 5) is 17.2. The minimum atomic E-state index is -0.262. The molecule has 5 nitrogen and oxygen atoms in total. The summed E-state index contributed by atoms with van der Waals surface area (Å²) in [5.74, 6) is -0.0443. The molecular formula is C25H42N2O3. The monoisotopic (exact) mass is 418 g/mol. The normalized spacial score (nSPS) is 20.1. The topological polar surface area (TPSA) is 53.0 Å². The van der Waals surface area contributed by atoms with Gasteiger partial charge in [0.2, 0.25) is 0 Å². The smallest absolute Gasteiger partial charge is 0.313 e. The largest absolute Gasteiger partial charge is 0.464 e. The molecule has 30 heavy (non-hydrogen) atoms. The van der Waals surface area contributed by atoms with Crippen LogP contribution in [0.2, 0.25) is 0 Å². The molecule has 1 aromatic rings. The number of carbonyl (C=O) groups excluding carboxylic acids is 1. The minimum Gasteiger partial charge on any atom is -0.464 e. The van der Waals surface area contributed by atoms with E-state index in [-0.39, 0.29) is 18.0 Å². The van der Waals surface area contributed by atoms with Crippen molar-refractivity contribution in [2.24, 2.45) is 5.92 Å². The van der Waals surface area contributed by atoms with E-state index in [0.29, 0.717) is 12.5 Å². The average Bonchev–Trinajstić information content (AvgIpc) is 3.17. The molecule has 0 spiro atoms. The van der Waals surface area contributed by atoms with Gasteiger partial charge in [0.15, 0.2) is 0 Å². The van der Waals surface area contributed by atoms with Gasteiger partial charge in [-0.05, 0) is 62.9 Å². The highest BCUT2D eigenvalue weighted by Gasteiger charge is 2.25. The number of ether oxygens (including phenoxy) is 1. The summed E-state index contributed by atoms with van der Waals surface area (Å²) < 4.78 is 5.57. The lowest BCUT2D eigenvalue weighted by molar-refractivity contribution is -0.145. The highest BCUT2D eigenvalue weighted by Crippen LogP contribution is 2.29. The predicted octanol–water partition coefficient (Wildman–Crippen LogP) is 3.70. The molecule has 0 bridgehead atoms. The van der Waals surface area contributed by atoms with Gasteiger partial charge in [-0.15, -0.1) is 0 Å². The fourth-order valence-electron chi connectivity index (χ4n) is 4.29. The van der Waals surface area contributed by atoms with Crippen LogP contribution in [0, 0.1) is 5.92 Å². The highest BCUT2D eigenvalue weighted by atomic mass is 16.5. The van der Waals surface area contributed by atoms with Gasteiger partial charge in [0.1, 0.15) is 6.61 Å². The summed E-state index contributed by atoms with van der Waals surface area (Å²) in [5, 5.41) is 10.0. The molecule has 1 fully saturated rings. The van der Waals surface area contributed by atoms with E-state index >= 15 is 0 Å². The lowest BCUT2D eigenvalue weighted by Crippen LogP contribution is -2.37. The van der Waals surface area contributed by atoms with Crippen molar-refractivity contribution in [2.45, 2.75) is 65.4 Å². The number of aliphatic hydroxyl groups excluding tert-OH is 1. The first-order valence-corrected chi connectivity index (χ1v) is 11.9. The van der Waals surface area contributed by atoms with E-state index in [1.165, 1.54) is 5.56 Å². The Kier molecular flexibility index (Phi) is 10.8. The molecule has 0 unspecified atom stereocenters. The SMILES string of the molecule is CCN(CC)CCN(CC)CCOC(=O)[C@@H](C)c1ccc(C[C@H]2CCC[C@@H]2O)cc1. The molecular weight excluding hydrogens is 376 g/mol. The van der Waals surface area contributed by atoms with Gasteiger partial charge in [-0.3, -0.25) is 9.69 Å². The van der Waals surface area contributed by atoms with Crippen LogP contribution in [0.5, 0.6) is 0 Å². The number of likely N-dealkylation sites (N-methyl/N-ethyl adjacent to an activating group) is 2. The number of carbonyl (C=O) groups is 1. The zero-order valence-electron chi connectivity index (χ0n) is 19.5. The number of hydrogen-bond acceptors (Lipinski definition) is 5. The van der Waals surface area contributed by atoms with Crippen LogP contribution in [0.25, 0.3) is 0 Å². The van der Waals surface area contributed by atoms with Crippen LogP contribution >= 0.6 is 0 Å². The number of rotatable bonds is 13. The Morgan fingerprint density at radius 1 is 1.03 bits per heavy atom. The zero-order chi connectivity index (χ0) is 21.9. The number of hydrogen-bond donors (Lipinski definition) is 1. The van der Waals surface area contributed by atoms with Gasteiger partial charge in [-0.2, -0.15) is 0 Å². The van der Waals surface area contributed by atoms with Gasteiger partial charge >= 0.3 is 5.97 Å². The first-order chi connectivity index (χ1) is 14.5. The van der Waals surface area contributed by atoms with Crippen LogP contribution in [0.1, 0.15) is 64.0 Å². The van der Waals surface area contributed by atoms with Crippen LogP contribution < -0.4 is 0 Å². The van der Waals surface area contributed by atoms with E-state index in [1.807, 2.05) is 19.1 Å². The Bertz CT molecular complexity index is 615. The summed E-state index contributed by atoms with van der Waals surface area (Å²) in [6.45, 7) is 14.8. The molecule has 0 aromatic heterocycles. The third-order valence-corrected chi connectivity index (χ3v) is 6.68. The second-order valence-corrected chi connectivity index (χ2v) is 8.55. The van der Waals surface area contributed by atoms with Crippen molar-refractivity contribution in [1.82, 2.24) is 9.80 Å². The molecule has 0 radical (unpaired) electrons. The molecule has 170 valence electrons. The van der Waals surface area contributed by atoms with E-state index in [1.54, 1.807) is 0 Å². The van der Waals surface area contributed by atoms with Crippen molar-refractivity contribution < 1.29 is 14.6 Å². The van der Waals surface area contributed by atoms with E-state index in [9.17, 15) is 9.90 Å². The highest BCUT2D eigenvalue weighted by molar-refractivity contribution is 5.77. The van der Waals surface area contributed by atoms with Crippen molar-refractivity contribution in [1.29, 1.82) is 0 Å². The number of aliphatic hydroxyl groups is 1. The lowest BCUT2D eigenvalue weighted by atomic mass is 9.94. The second-order valence-electron chi connectivity index (χ2n) is 8.55. The quantitative estimate of drug-likeness (QED) is 0.495. The van der Waals surface area contributed by atoms with E-state index < -0.39 is 0 Å². The molecule has 5 heteroatoms. The van der Waals surface area contributed by atoms with Gasteiger partial charge in [-0.25, -0.2) is 0 Å². The molecule has 1 saturated carbocycles. The van der Waals surface area contributed by atoms with Crippen LogP contribution in [-0.4, -0.2) is 72.9 Å². The Hall–Kier alpha value is -1.43. The average molecular weight is 419 g/mol. The van der Waals surface area contributed by atoms with Crippen molar-refractivity contribution in [3.05, 3.63) is 35.4 Å². The maximum atomic E-state index is 12.5. The minimum absolute atomic E-state index is 0.159. The third-order valence-electron chi connectivity index (χ3n) is 6.68. The van der Waals surface area contributed by atoms with E-state index in [2.05, 4.69) is 42.7 Å². The Labute approximate surface area is 183 Å². The summed E-state index contributed by atoms with van der Waals surface area (Å²) in [7, 11) is 0. The molecule has 0 aliphatic heterocycles. The first-order valence-electron chi connectivity index (χ1n) is 11.9. The summed E-state index contributed by atoms with van der Waals surface area (Å²) in [5.41, 5.74) is 2.22. The van der Waals surface area contributed by atoms with Crippen LogP contribution in [0.3, 0.4) is 0 Å². The summed E-state index contributed by atoms with van der Waals surface area (Å²) in [6.07, 6.45) is 3.91. The molecule has 3 atom stereocenters. The van der Waals surface area contributed by atoms with Gasteiger partial charge < -0.3 is 14.7 Å². The number of esters is 1. The molecule has 0 amide bonds. The van der Waals surface area contributed by atoms with E-state index in [4.69, 9.17) is 4.74 Å². The molecule has 1 aliphatic rings. The Balaban J connectivity index is 1.75. The van der Waals surface area contributed by atoms with Crippen LogP contribution in [0.4, 0.5) is 0 Å². The summed E-state index contributed by atoms with van der Waals surface area (Å²) in [6, 6.07) is 8.25. The third kappa shape index (κ3) is 7.68. The molecule has 2 rings (SSSR count). The molecule has 1 aromatic carbocycles. The van der Waals surface area contributed by atoms with E-state index in [0.717, 1.165) is 70.5 Å². The van der Waals surface area contributed by atoms with Gasteiger partial charge in [0.25, 0.3) is 0 Å². The van der Waals surface area contributed by atoms with Gasteiger partial charge in [0.05, 0.1) is 12.0 Å². The van der Waals surface area contributed by atoms with Crippen molar-refractivity contribution in [3.63, 3.8) is 0 Å². The van der Waals surface area contributed by atoms with Gasteiger partial charge in [0, 0.05) is 19.6 Å². The van der Waals surface area contributed by atoms with Gasteiger partial charge in [-0.1, -0.05) is 51.5 Å². The standard InChI is InChI=1S/C25H42N2O3/c1-5-26(6-2)15-16-27(7-3)17-18-30-25(29)20(4)22-13-11-21(12-14-22)19-23-9-8-10-24(23)28/h11-14,20,23-24,28H,5-10,15-19H2,1-4H3/t20-,23+,24-/m0/s1. The molecule has 0 saturated heterocycles. The van der Waals surface area contributed by atoms with Crippen molar-refractivity contribution in [3.8, 4) is 0 Å². The fourth-order valence-corrected chi connectivity index (χ4v) is 4.29. The van der Waals surface area contributed by atoms with Crippen LogP contribution in [0.15, 0.2) is 24.3 Å². The Morgan fingerprint density at radius 2 is 1.67 bits per heavy atom. The molecule has 1 aliphatic carbocycles. The summed E-state index contributed by atoms with van der Waals surface area (Å²) >= 11 is 0. The Morgan fingerprint density at radius 3 is 2.23 bits per heavy atom. The van der Waals surface area contributed by atoms with Crippen LogP contribution in [-0.2, 0) is 16.0 Å². The maximum absolute atomic E-state index is 12.5. The number of nitrogens with zero attached hydrogens (tertiary/aromatic N) is 2. The predicted molar refractivity (Wildman–Crippen MR) is 123 cm³/mol. The van der Waals surface area contributed by atoms with Crippen molar-refractivity contribution in [2.75, 3.05) is 45.9 Å². The maximum Gasteiger partial charge on any atom is 0.313 e. The molecule has 1 N–H and O–H groups in total.